The third-order valence-electron chi connectivity index (χ3n) is 6.63. The minimum Gasteiger partial charge on any atom is -0.378 e. The molecule has 2 atom stereocenters. The number of benzene rings is 2. The SMILES string of the molecule is CC1(c2ccc(Cl)cc2)COCCN1[C@H]1CCN(c2ccc(S(=O)(=O)Nc3nccs3)cc2)C1=O. The number of hydrogen-bond donors (Lipinski definition) is 1. The number of sulfonamides is 1. The second kappa shape index (κ2) is 9.51. The predicted molar refractivity (Wildman–Crippen MR) is 136 cm³/mol. The Labute approximate surface area is 213 Å². The molecule has 0 radical (unpaired) electrons. The maximum atomic E-state index is 13.6. The Kier molecular flexibility index (Phi) is 6.58. The second-order valence-electron chi connectivity index (χ2n) is 8.76. The molecule has 1 amide bonds. The fourth-order valence-corrected chi connectivity index (χ4v) is 6.70. The molecule has 0 aliphatic carbocycles. The number of thiazole rings is 1. The summed E-state index contributed by atoms with van der Waals surface area (Å²) >= 11 is 7.30. The molecule has 11 heteroatoms. The van der Waals surface area contributed by atoms with Crippen molar-refractivity contribution in [3.8, 4) is 0 Å². The normalized spacial score (nSPS) is 23.5. The number of ether oxygens (including phenoxy) is 1. The molecule has 1 unspecified atom stereocenters. The Bertz CT molecular complexity index is 1300. The third-order valence-corrected chi connectivity index (χ3v) is 9.05. The molecule has 5 rings (SSSR count). The Morgan fingerprint density at radius 1 is 1.14 bits per heavy atom. The lowest BCUT2D eigenvalue weighted by Crippen LogP contribution is -2.58. The minimum atomic E-state index is -3.75. The summed E-state index contributed by atoms with van der Waals surface area (Å²) in [6, 6.07) is 13.8. The molecule has 1 aromatic heterocycles. The molecular weight excluding hydrogens is 508 g/mol. The van der Waals surface area contributed by atoms with Gasteiger partial charge in [0.15, 0.2) is 5.13 Å². The van der Waals surface area contributed by atoms with Gasteiger partial charge in [0.05, 0.1) is 29.7 Å². The van der Waals surface area contributed by atoms with Gasteiger partial charge in [-0.3, -0.25) is 14.4 Å². The van der Waals surface area contributed by atoms with Gasteiger partial charge in [0.2, 0.25) is 5.91 Å². The smallest absolute Gasteiger partial charge is 0.263 e. The van der Waals surface area contributed by atoms with Gasteiger partial charge >= 0.3 is 0 Å². The monoisotopic (exact) mass is 532 g/mol. The zero-order valence-corrected chi connectivity index (χ0v) is 21.4. The van der Waals surface area contributed by atoms with Gasteiger partial charge in [-0.05, 0) is 55.3 Å². The number of amides is 1. The van der Waals surface area contributed by atoms with E-state index in [1.54, 1.807) is 22.4 Å². The minimum absolute atomic E-state index is 0.00334. The highest BCUT2D eigenvalue weighted by atomic mass is 35.5. The fourth-order valence-electron chi connectivity index (χ4n) is 4.78. The lowest BCUT2D eigenvalue weighted by Gasteiger charge is -2.47. The number of carbonyl (C=O) groups is 1. The molecule has 2 aromatic carbocycles. The molecule has 3 aromatic rings. The molecule has 3 heterocycles. The van der Waals surface area contributed by atoms with Gasteiger partial charge < -0.3 is 9.64 Å². The van der Waals surface area contributed by atoms with Crippen LogP contribution >= 0.6 is 22.9 Å². The molecule has 0 spiro atoms. The van der Waals surface area contributed by atoms with Crippen molar-refractivity contribution in [2.24, 2.45) is 0 Å². The maximum Gasteiger partial charge on any atom is 0.263 e. The van der Waals surface area contributed by atoms with Crippen molar-refractivity contribution in [3.63, 3.8) is 0 Å². The number of halogens is 1. The van der Waals surface area contributed by atoms with Crippen LogP contribution in [0.5, 0.6) is 0 Å². The number of carbonyl (C=O) groups excluding carboxylic acids is 1. The highest BCUT2D eigenvalue weighted by Crippen LogP contribution is 2.37. The summed E-state index contributed by atoms with van der Waals surface area (Å²) < 4.78 is 33.5. The van der Waals surface area contributed by atoms with Crippen LogP contribution in [-0.2, 0) is 25.1 Å². The molecule has 1 N–H and O–H groups in total. The topological polar surface area (TPSA) is 91.8 Å². The van der Waals surface area contributed by atoms with Gasteiger partial charge in [-0.2, -0.15) is 0 Å². The Morgan fingerprint density at radius 3 is 2.57 bits per heavy atom. The van der Waals surface area contributed by atoms with E-state index in [4.69, 9.17) is 16.3 Å². The van der Waals surface area contributed by atoms with E-state index < -0.39 is 15.6 Å². The average Bonchev–Trinajstić information content (AvgIpc) is 3.49. The molecule has 2 fully saturated rings. The highest BCUT2D eigenvalue weighted by molar-refractivity contribution is 7.93. The number of morpholine rings is 1. The first-order valence-electron chi connectivity index (χ1n) is 11.2. The fraction of sp³-hybridized carbons (Fsp3) is 0.333. The van der Waals surface area contributed by atoms with Crippen molar-refractivity contribution in [3.05, 3.63) is 70.7 Å². The summed E-state index contributed by atoms with van der Waals surface area (Å²) in [5.41, 5.74) is 1.26. The van der Waals surface area contributed by atoms with E-state index in [0.717, 1.165) is 5.56 Å². The van der Waals surface area contributed by atoms with Crippen LogP contribution in [-0.4, -0.2) is 56.6 Å². The van der Waals surface area contributed by atoms with Crippen molar-refractivity contribution in [2.45, 2.75) is 29.8 Å². The molecule has 0 bridgehead atoms. The van der Waals surface area contributed by atoms with Crippen LogP contribution in [0.25, 0.3) is 0 Å². The Hall–Kier alpha value is -2.50. The van der Waals surface area contributed by atoms with Gasteiger partial charge in [-0.25, -0.2) is 13.4 Å². The Balaban J connectivity index is 1.35. The zero-order chi connectivity index (χ0) is 24.6. The first-order valence-corrected chi connectivity index (χ1v) is 14.0. The first kappa shape index (κ1) is 24.2. The molecule has 2 aliphatic rings. The van der Waals surface area contributed by atoms with E-state index in [1.165, 1.54) is 29.7 Å². The van der Waals surface area contributed by atoms with Crippen molar-refractivity contribution >= 4 is 49.7 Å². The van der Waals surface area contributed by atoms with E-state index in [9.17, 15) is 13.2 Å². The molecule has 35 heavy (non-hydrogen) atoms. The number of rotatable bonds is 6. The van der Waals surface area contributed by atoms with Gasteiger partial charge in [0, 0.05) is 35.4 Å². The van der Waals surface area contributed by atoms with Gasteiger partial charge in [-0.15, -0.1) is 11.3 Å². The van der Waals surface area contributed by atoms with Gasteiger partial charge in [0.25, 0.3) is 10.0 Å². The van der Waals surface area contributed by atoms with Crippen molar-refractivity contribution in [1.29, 1.82) is 0 Å². The van der Waals surface area contributed by atoms with E-state index in [0.29, 0.717) is 48.6 Å². The van der Waals surface area contributed by atoms with Crippen molar-refractivity contribution in [1.82, 2.24) is 9.88 Å². The molecular formula is C24H25ClN4O4S2. The van der Waals surface area contributed by atoms with E-state index in [1.807, 2.05) is 24.3 Å². The zero-order valence-electron chi connectivity index (χ0n) is 19.1. The third kappa shape index (κ3) is 4.68. The van der Waals surface area contributed by atoms with Crippen molar-refractivity contribution < 1.29 is 17.9 Å². The van der Waals surface area contributed by atoms with Crippen LogP contribution in [0, 0.1) is 0 Å². The van der Waals surface area contributed by atoms with E-state index in [-0.39, 0.29) is 16.8 Å². The standard InChI is InChI=1S/C24H25ClN4O4S2/c1-24(17-2-4-18(25)5-3-17)16-33-14-13-29(24)21-10-12-28(22(21)30)19-6-8-20(9-7-19)35(31,32)27-23-26-11-15-34-23/h2-9,11,15,21H,10,12-14,16H2,1H3,(H,26,27)/t21-,24?/m0/s1. The van der Waals surface area contributed by atoms with Crippen LogP contribution in [0.4, 0.5) is 10.8 Å². The van der Waals surface area contributed by atoms with Crippen LogP contribution in [0.3, 0.4) is 0 Å². The van der Waals surface area contributed by atoms with Gasteiger partial charge in [-0.1, -0.05) is 23.7 Å². The average molecular weight is 533 g/mol. The summed E-state index contributed by atoms with van der Waals surface area (Å²) in [7, 11) is -3.75. The van der Waals surface area contributed by atoms with Gasteiger partial charge in [0.1, 0.15) is 0 Å². The molecule has 0 saturated carbocycles. The Morgan fingerprint density at radius 2 is 1.89 bits per heavy atom. The van der Waals surface area contributed by atoms with Crippen LogP contribution in [0.2, 0.25) is 5.02 Å². The highest BCUT2D eigenvalue weighted by Gasteiger charge is 2.46. The summed E-state index contributed by atoms with van der Waals surface area (Å²) in [6.07, 6.45) is 2.21. The number of aromatic nitrogens is 1. The maximum absolute atomic E-state index is 13.6. The van der Waals surface area contributed by atoms with Crippen molar-refractivity contribution in [2.75, 3.05) is 35.9 Å². The molecule has 2 aliphatic heterocycles. The number of nitrogens with one attached hydrogen (secondary N) is 1. The molecule has 8 nitrogen and oxygen atoms in total. The summed E-state index contributed by atoms with van der Waals surface area (Å²) in [5, 5.41) is 2.67. The molecule has 2 saturated heterocycles. The van der Waals surface area contributed by atoms with E-state index >= 15 is 0 Å². The summed E-state index contributed by atoms with van der Waals surface area (Å²) in [5.74, 6) is 0.00334. The van der Waals surface area contributed by atoms with Crippen LogP contribution in [0.15, 0.2) is 65.0 Å². The van der Waals surface area contributed by atoms with E-state index in [2.05, 4.69) is 21.5 Å². The first-order chi connectivity index (χ1) is 16.8. The predicted octanol–water partition coefficient (Wildman–Crippen LogP) is 3.95. The summed E-state index contributed by atoms with van der Waals surface area (Å²) in [6.45, 7) is 4.34. The largest absolute Gasteiger partial charge is 0.378 e. The van der Waals surface area contributed by atoms with Crippen LogP contribution in [0.1, 0.15) is 18.9 Å². The molecule has 184 valence electrons. The number of hydrogen-bond acceptors (Lipinski definition) is 7. The number of nitrogens with zero attached hydrogens (tertiary/aromatic N) is 3. The lowest BCUT2D eigenvalue weighted by atomic mass is 9.88. The number of anilines is 2. The van der Waals surface area contributed by atoms with Crippen LogP contribution < -0.4 is 9.62 Å². The lowest BCUT2D eigenvalue weighted by molar-refractivity contribution is -0.131. The quantitative estimate of drug-likeness (QED) is 0.517. The summed E-state index contributed by atoms with van der Waals surface area (Å²) in [4.78, 5) is 21.6. The second-order valence-corrected chi connectivity index (χ2v) is 11.8.